The molecule has 57 heavy (non-hydrogen) atoms. The SMILES string of the molecule is c1ccc(-c2ccc(N(c3ccc(-c4ccccc4-n4c5ccccc5c5cc(-c6ccccc6)ccc54)cc3)c3ccc4c(c3)sc3ccccc34)cc2)cc1. The van der Waals surface area contributed by atoms with Crippen LogP contribution in [0.25, 0.3) is 81.0 Å². The monoisotopic (exact) mass is 744 g/mol. The van der Waals surface area contributed by atoms with Gasteiger partial charge in [-0.15, -0.1) is 11.3 Å². The van der Waals surface area contributed by atoms with E-state index in [1.54, 1.807) is 0 Å². The van der Waals surface area contributed by atoms with Gasteiger partial charge in [-0.25, -0.2) is 0 Å². The minimum absolute atomic E-state index is 1.11. The van der Waals surface area contributed by atoms with Crippen LogP contribution in [-0.2, 0) is 0 Å². The van der Waals surface area contributed by atoms with Crippen molar-refractivity contribution in [3.05, 3.63) is 218 Å². The van der Waals surface area contributed by atoms with Gasteiger partial charge in [0.05, 0.1) is 16.7 Å². The lowest BCUT2D eigenvalue weighted by Gasteiger charge is -2.26. The Morgan fingerprint density at radius 3 is 1.60 bits per heavy atom. The zero-order chi connectivity index (χ0) is 37.7. The number of nitrogens with zero attached hydrogens (tertiary/aromatic N) is 2. The lowest BCUT2D eigenvalue weighted by Crippen LogP contribution is -2.09. The Hall–Kier alpha value is -7.20. The predicted molar refractivity (Wildman–Crippen MR) is 245 cm³/mol. The molecule has 0 aliphatic heterocycles. The molecule has 2 nitrogen and oxygen atoms in total. The van der Waals surface area contributed by atoms with Gasteiger partial charge in [-0.1, -0.05) is 152 Å². The molecule has 0 unspecified atom stereocenters. The average Bonchev–Trinajstić information content (AvgIpc) is 3.83. The summed E-state index contributed by atoms with van der Waals surface area (Å²) in [7, 11) is 0. The van der Waals surface area contributed by atoms with Crippen LogP contribution in [0.2, 0.25) is 0 Å². The number of benzene rings is 9. The van der Waals surface area contributed by atoms with Gasteiger partial charge < -0.3 is 9.47 Å². The van der Waals surface area contributed by atoms with Gasteiger partial charge in [0.2, 0.25) is 0 Å². The zero-order valence-electron chi connectivity index (χ0n) is 31.1. The first-order valence-electron chi connectivity index (χ1n) is 19.4. The van der Waals surface area contributed by atoms with E-state index < -0.39 is 0 Å². The van der Waals surface area contributed by atoms with Crippen molar-refractivity contribution in [1.82, 2.24) is 4.57 Å². The minimum atomic E-state index is 1.11. The van der Waals surface area contributed by atoms with E-state index in [2.05, 4.69) is 228 Å². The number of anilines is 3. The molecule has 9 aromatic carbocycles. The van der Waals surface area contributed by atoms with Crippen LogP contribution in [0.15, 0.2) is 218 Å². The lowest BCUT2D eigenvalue weighted by atomic mass is 10.0. The highest BCUT2D eigenvalue weighted by Crippen LogP contribution is 2.43. The average molecular weight is 745 g/mol. The van der Waals surface area contributed by atoms with E-state index in [4.69, 9.17) is 0 Å². The van der Waals surface area contributed by atoms with E-state index >= 15 is 0 Å². The molecule has 0 aliphatic carbocycles. The normalized spacial score (nSPS) is 11.5. The maximum atomic E-state index is 2.43. The van der Waals surface area contributed by atoms with Crippen LogP contribution in [-0.4, -0.2) is 4.57 Å². The maximum absolute atomic E-state index is 2.43. The molecule has 0 radical (unpaired) electrons. The Labute approximate surface area is 335 Å². The van der Waals surface area contributed by atoms with Gasteiger partial charge in [-0.2, -0.15) is 0 Å². The highest BCUT2D eigenvalue weighted by Gasteiger charge is 2.18. The topological polar surface area (TPSA) is 8.17 Å². The van der Waals surface area contributed by atoms with Crippen molar-refractivity contribution in [3.8, 4) is 39.1 Å². The van der Waals surface area contributed by atoms with Crippen molar-refractivity contribution < 1.29 is 0 Å². The van der Waals surface area contributed by atoms with Crippen LogP contribution in [0.1, 0.15) is 0 Å². The first kappa shape index (κ1) is 33.2. The maximum Gasteiger partial charge on any atom is 0.0541 e. The number of fused-ring (bicyclic) bond motifs is 6. The lowest BCUT2D eigenvalue weighted by molar-refractivity contribution is 1.18. The van der Waals surface area contributed by atoms with Crippen molar-refractivity contribution in [2.24, 2.45) is 0 Å². The van der Waals surface area contributed by atoms with Crippen LogP contribution < -0.4 is 4.90 Å². The third-order valence-electron chi connectivity index (χ3n) is 11.2. The van der Waals surface area contributed by atoms with Crippen molar-refractivity contribution in [1.29, 1.82) is 0 Å². The van der Waals surface area contributed by atoms with E-state index in [9.17, 15) is 0 Å². The first-order valence-corrected chi connectivity index (χ1v) is 20.2. The van der Waals surface area contributed by atoms with E-state index in [1.807, 2.05) is 11.3 Å². The number of para-hydroxylation sites is 2. The summed E-state index contributed by atoms with van der Waals surface area (Å²) in [6.45, 7) is 0. The smallest absolute Gasteiger partial charge is 0.0541 e. The molecule has 0 N–H and O–H groups in total. The Morgan fingerprint density at radius 1 is 0.316 bits per heavy atom. The largest absolute Gasteiger partial charge is 0.310 e. The van der Waals surface area contributed by atoms with Gasteiger partial charge in [0.1, 0.15) is 0 Å². The fourth-order valence-electron chi connectivity index (χ4n) is 8.48. The highest BCUT2D eigenvalue weighted by atomic mass is 32.1. The second-order valence-corrected chi connectivity index (χ2v) is 15.6. The van der Waals surface area contributed by atoms with E-state index in [1.165, 1.54) is 75.4 Å². The summed E-state index contributed by atoms with van der Waals surface area (Å²) < 4.78 is 5.03. The predicted octanol–water partition coefficient (Wildman–Crippen LogP) is 15.6. The summed E-state index contributed by atoms with van der Waals surface area (Å²) in [6, 6.07) is 79.3. The Balaban J connectivity index is 1.02. The van der Waals surface area contributed by atoms with Crippen molar-refractivity contribution >= 4 is 70.4 Å². The van der Waals surface area contributed by atoms with Crippen LogP contribution in [0.5, 0.6) is 0 Å². The van der Waals surface area contributed by atoms with E-state index in [0.717, 1.165) is 22.7 Å². The molecule has 0 bridgehead atoms. The van der Waals surface area contributed by atoms with Gasteiger partial charge in [0.15, 0.2) is 0 Å². The van der Waals surface area contributed by atoms with Gasteiger partial charge in [0, 0.05) is 53.6 Å². The molecule has 0 spiro atoms. The molecule has 0 atom stereocenters. The number of aromatic nitrogens is 1. The second kappa shape index (κ2) is 13.8. The summed E-state index contributed by atoms with van der Waals surface area (Å²) in [5.74, 6) is 0. The van der Waals surface area contributed by atoms with E-state index in [0.29, 0.717) is 0 Å². The minimum Gasteiger partial charge on any atom is -0.310 e. The van der Waals surface area contributed by atoms with Gasteiger partial charge in [0.25, 0.3) is 0 Å². The molecule has 3 heteroatoms. The number of thiophene rings is 1. The first-order chi connectivity index (χ1) is 28.3. The standard InChI is InChI=1S/C54H36N2S/c1-3-13-37(14-4-1)39-23-28-42(29-24-39)55(44-32-33-48-47-19-9-12-22-53(47)57-54(48)36-44)43-30-25-40(26-31-43)45-17-7-10-20-50(45)56-51-21-11-8-18-46(51)49-35-41(27-34-52(49)56)38-15-5-2-6-16-38/h1-36H. The van der Waals surface area contributed by atoms with Crippen molar-refractivity contribution in [2.45, 2.75) is 0 Å². The van der Waals surface area contributed by atoms with E-state index in [-0.39, 0.29) is 0 Å². The van der Waals surface area contributed by atoms with Gasteiger partial charge in [-0.3, -0.25) is 0 Å². The number of hydrogen-bond acceptors (Lipinski definition) is 2. The molecule has 0 fully saturated rings. The molecule has 0 aliphatic rings. The molecule has 0 amide bonds. The molecular weight excluding hydrogens is 709 g/mol. The molecule has 2 aromatic heterocycles. The van der Waals surface area contributed by atoms with Crippen LogP contribution in [0.3, 0.4) is 0 Å². The summed E-state index contributed by atoms with van der Waals surface area (Å²) in [4.78, 5) is 2.38. The van der Waals surface area contributed by atoms with Crippen LogP contribution in [0.4, 0.5) is 17.1 Å². The third-order valence-corrected chi connectivity index (χ3v) is 12.3. The number of rotatable bonds is 7. The summed E-state index contributed by atoms with van der Waals surface area (Å²) >= 11 is 1.86. The third kappa shape index (κ3) is 5.80. The zero-order valence-corrected chi connectivity index (χ0v) is 31.9. The molecule has 11 rings (SSSR count). The van der Waals surface area contributed by atoms with Crippen LogP contribution >= 0.6 is 11.3 Å². The summed E-state index contributed by atoms with van der Waals surface area (Å²) in [5, 5.41) is 5.11. The molecule has 2 heterocycles. The Morgan fingerprint density at radius 2 is 0.842 bits per heavy atom. The van der Waals surface area contributed by atoms with Gasteiger partial charge >= 0.3 is 0 Å². The van der Waals surface area contributed by atoms with Gasteiger partial charge in [-0.05, 0) is 94.5 Å². The van der Waals surface area contributed by atoms with Crippen molar-refractivity contribution in [3.63, 3.8) is 0 Å². The highest BCUT2D eigenvalue weighted by molar-refractivity contribution is 7.25. The molecule has 11 aromatic rings. The molecule has 0 saturated carbocycles. The Kier molecular flexibility index (Phi) is 8.04. The second-order valence-electron chi connectivity index (χ2n) is 14.5. The van der Waals surface area contributed by atoms with Crippen molar-refractivity contribution in [2.75, 3.05) is 4.90 Å². The summed E-state index contributed by atoms with van der Waals surface area (Å²) in [6.07, 6.45) is 0. The fraction of sp³-hybridized carbons (Fsp3) is 0. The quantitative estimate of drug-likeness (QED) is 0.158. The summed E-state index contributed by atoms with van der Waals surface area (Å²) in [5.41, 5.74) is 14.1. The fourth-order valence-corrected chi connectivity index (χ4v) is 9.62. The number of hydrogen-bond donors (Lipinski definition) is 0. The molecule has 268 valence electrons. The Bertz CT molecular complexity index is 3210. The molecule has 0 saturated heterocycles. The molecular formula is C54H36N2S. The van der Waals surface area contributed by atoms with Crippen LogP contribution in [0, 0.1) is 0 Å².